The lowest BCUT2D eigenvalue weighted by Gasteiger charge is -2.00. The Balaban J connectivity index is 2.44. The van der Waals surface area contributed by atoms with Crippen LogP contribution in [0.5, 0.6) is 0 Å². The van der Waals surface area contributed by atoms with Crippen molar-refractivity contribution in [3.63, 3.8) is 0 Å². The third-order valence-corrected chi connectivity index (χ3v) is 2.72. The molecule has 94 valence electrons. The first-order valence-electron chi connectivity index (χ1n) is 5.48. The number of esters is 1. The zero-order valence-electron chi connectivity index (χ0n) is 9.77. The Kier molecular flexibility index (Phi) is 3.62. The molecule has 0 aliphatic carbocycles. The van der Waals surface area contributed by atoms with Crippen LogP contribution >= 0.6 is 11.6 Å². The second-order valence-electron chi connectivity index (χ2n) is 3.70. The third kappa shape index (κ3) is 2.51. The van der Waals surface area contributed by atoms with Crippen LogP contribution in [0.1, 0.15) is 6.92 Å². The molecular weight excluding hydrogens is 256 g/mol. The van der Waals surface area contributed by atoms with Crippen molar-refractivity contribution in [1.82, 2.24) is 5.10 Å². The summed E-state index contributed by atoms with van der Waals surface area (Å²) in [5, 5.41) is 3.73. The molecule has 0 bridgehead atoms. The van der Waals surface area contributed by atoms with Crippen molar-refractivity contribution in [1.29, 1.82) is 0 Å². The first-order valence-corrected chi connectivity index (χ1v) is 5.86. The number of aromatic nitrogens is 2. The van der Waals surface area contributed by atoms with E-state index in [0.717, 1.165) is 0 Å². The van der Waals surface area contributed by atoms with E-state index < -0.39 is 5.97 Å². The van der Waals surface area contributed by atoms with Crippen molar-refractivity contribution in [2.75, 3.05) is 6.61 Å². The predicted octanol–water partition coefficient (Wildman–Crippen LogP) is 1.03. The molecule has 2 rings (SSSR count). The SMILES string of the molecule is CCOC(=O)C[n+]1cc(=O)c2c(Cl)cccc2[nH]1. The molecule has 1 N–H and O–H groups in total. The van der Waals surface area contributed by atoms with Gasteiger partial charge < -0.3 is 4.74 Å². The monoisotopic (exact) mass is 267 g/mol. The first-order chi connectivity index (χ1) is 8.61. The zero-order valence-corrected chi connectivity index (χ0v) is 10.5. The smallest absolute Gasteiger partial charge is 0.375 e. The van der Waals surface area contributed by atoms with Crippen LogP contribution in [0.25, 0.3) is 10.9 Å². The molecule has 6 heteroatoms. The number of ether oxygens (including phenoxy) is 1. The Morgan fingerprint density at radius 2 is 2.28 bits per heavy atom. The average Bonchev–Trinajstić information content (AvgIpc) is 2.28. The van der Waals surface area contributed by atoms with Gasteiger partial charge in [0.15, 0.2) is 0 Å². The molecule has 1 heterocycles. The maximum Gasteiger partial charge on any atom is 0.375 e. The molecule has 1 aromatic heterocycles. The van der Waals surface area contributed by atoms with E-state index in [1.165, 1.54) is 10.9 Å². The summed E-state index contributed by atoms with van der Waals surface area (Å²) < 4.78 is 6.20. The van der Waals surface area contributed by atoms with E-state index in [1.54, 1.807) is 25.1 Å². The van der Waals surface area contributed by atoms with Gasteiger partial charge in [-0.05, 0) is 19.1 Å². The van der Waals surface area contributed by atoms with Crippen LogP contribution in [0.4, 0.5) is 0 Å². The summed E-state index contributed by atoms with van der Waals surface area (Å²) in [6.45, 7) is 2.00. The van der Waals surface area contributed by atoms with Crippen LogP contribution in [-0.4, -0.2) is 17.7 Å². The van der Waals surface area contributed by atoms with Crippen LogP contribution in [0, 0.1) is 0 Å². The summed E-state index contributed by atoms with van der Waals surface area (Å²) in [7, 11) is 0. The summed E-state index contributed by atoms with van der Waals surface area (Å²) >= 11 is 5.95. The molecule has 0 atom stereocenters. The molecule has 1 aromatic carbocycles. The van der Waals surface area contributed by atoms with E-state index in [1.807, 2.05) is 0 Å². The minimum absolute atomic E-state index is 0.0362. The summed E-state index contributed by atoms with van der Waals surface area (Å²) in [4.78, 5) is 23.2. The van der Waals surface area contributed by atoms with E-state index in [4.69, 9.17) is 16.3 Å². The number of carbonyl (C=O) groups is 1. The molecule has 0 unspecified atom stereocenters. The topological polar surface area (TPSA) is 63.0 Å². The number of nitrogens with zero attached hydrogens (tertiary/aromatic N) is 1. The quantitative estimate of drug-likeness (QED) is 0.667. The van der Waals surface area contributed by atoms with E-state index >= 15 is 0 Å². The van der Waals surface area contributed by atoms with Crippen molar-refractivity contribution < 1.29 is 14.2 Å². The van der Waals surface area contributed by atoms with E-state index in [9.17, 15) is 9.59 Å². The molecule has 0 spiro atoms. The summed E-state index contributed by atoms with van der Waals surface area (Å²) in [6.07, 6.45) is 1.30. The van der Waals surface area contributed by atoms with Gasteiger partial charge in [0.05, 0.1) is 17.0 Å². The fourth-order valence-electron chi connectivity index (χ4n) is 1.69. The fraction of sp³-hybridized carbons (Fsp3) is 0.250. The number of rotatable bonds is 3. The Bertz CT molecular complexity index is 651. The Morgan fingerprint density at radius 3 is 3.00 bits per heavy atom. The normalized spacial score (nSPS) is 10.6. The molecule has 0 aliphatic rings. The largest absolute Gasteiger partial charge is 0.461 e. The lowest BCUT2D eigenvalue weighted by Crippen LogP contribution is -2.44. The molecule has 0 radical (unpaired) electrons. The van der Waals surface area contributed by atoms with Crippen LogP contribution in [0.2, 0.25) is 5.02 Å². The molecule has 0 saturated heterocycles. The molecule has 0 aliphatic heterocycles. The lowest BCUT2D eigenvalue weighted by molar-refractivity contribution is -0.741. The van der Waals surface area contributed by atoms with Gasteiger partial charge >= 0.3 is 5.97 Å². The second kappa shape index (κ2) is 5.18. The van der Waals surface area contributed by atoms with Crippen molar-refractivity contribution >= 4 is 28.5 Å². The Hall–Kier alpha value is -1.88. The van der Waals surface area contributed by atoms with Crippen LogP contribution in [-0.2, 0) is 16.1 Å². The maximum atomic E-state index is 11.9. The van der Waals surface area contributed by atoms with Gasteiger partial charge in [0.25, 0.3) is 12.0 Å². The number of fused-ring (bicyclic) bond motifs is 1. The molecule has 5 nitrogen and oxygen atoms in total. The van der Waals surface area contributed by atoms with Crippen LogP contribution < -0.4 is 10.1 Å². The van der Waals surface area contributed by atoms with Crippen molar-refractivity contribution in [2.45, 2.75) is 13.5 Å². The molecule has 0 saturated carbocycles. The number of hydrogen-bond donors (Lipinski definition) is 1. The molecule has 0 amide bonds. The lowest BCUT2D eigenvalue weighted by atomic mass is 10.2. The second-order valence-corrected chi connectivity index (χ2v) is 4.11. The number of nitrogens with one attached hydrogen (secondary N) is 1. The van der Waals surface area contributed by atoms with Crippen molar-refractivity contribution in [3.8, 4) is 0 Å². The maximum absolute atomic E-state index is 11.9. The van der Waals surface area contributed by atoms with Crippen molar-refractivity contribution in [3.05, 3.63) is 39.6 Å². The third-order valence-electron chi connectivity index (χ3n) is 2.40. The van der Waals surface area contributed by atoms with Gasteiger partial charge in [-0.15, -0.1) is 4.68 Å². The van der Waals surface area contributed by atoms with E-state index in [0.29, 0.717) is 22.5 Å². The van der Waals surface area contributed by atoms with Crippen LogP contribution in [0.15, 0.2) is 29.2 Å². The minimum atomic E-state index is -0.403. The van der Waals surface area contributed by atoms with E-state index in [2.05, 4.69) is 5.10 Å². The van der Waals surface area contributed by atoms with Crippen molar-refractivity contribution in [2.24, 2.45) is 0 Å². The summed E-state index contributed by atoms with van der Waals surface area (Å²) in [6, 6.07) is 5.11. The van der Waals surface area contributed by atoms with Gasteiger partial charge in [-0.1, -0.05) is 17.7 Å². The summed E-state index contributed by atoms with van der Waals surface area (Å²) in [5.41, 5.74) is 0.345. The number of carbonyl (C=O) groups excluding carboxylic acids is 1. The van der Waals surface area contributed by atoms with Gasteiger partial charge in [-0.3, -0.25) is 4.79 Å². The average molecular weight is 268 g/mol. The van der Waals surface area contributed by atoms with Gasteiger partial charge in [-0.2, -0.15) is 5.10 Å². The highest BCUT2D eigenvalue weighted by Gasteiger charge is 2.14. The highest BCUT2D eigenvalue weighted by molar-refractivity contribution is 6.35. The van der Waals surface area contributed by atoms with E-state index in [-0.39, 0.29) is 12.0 Å². The molecular formula is C12H12ClN2O3+. The molecule has 18 heavy (non-hydrogen) atoms. The van der Waals surface area contributed by atoms with Gasteiger partial charge in [0, 0.05) is 0 Å². The minimum Gasteiger partial charge on any atom is -0.461 e. The number of benzene rings is 1. The fourth-order valence-corrected chi connectivity index (χ4v) is 1.96. The number of hydrogen-bond acceptors (Lipinski definition) is 3. The highest BCUT2D eigenvalue weighted by Crippen LogP contribution is 2.16. The zero-order chi connectivity index (χ0) is 13.1. The standard InChI is InChI=1S/C12H11ClN2O3/c1-2-18-11(17)7-15-6-10(16)12-8(13)4-3-5-9(12)14-15/h3-6H,2,7H2,1H3/p+1. The van der Waals surface area contributed by atoms with Gasteiger partial charge in [0.2, 0.25) is 6.20 Å². The molecule has 0 fully saturated rings. The predicted molar refractivity (Wildman–Crippen MR) is 66.4 cm³/mol. The number of halogens is 1. The Morgan fingerprint density at radius 1 is 1.50 bits per heavy atom. The number of H-pyrrole nitrogens is 1. The van der Waals surface area contributed by atoms with Gasteiger partial charge in [-0.25, -0.2) is 4.79 Å². The van der Waals surface area contributed by atoms with Crippen LogP contribution in [0.3, 0.4) is 0 Å². The first kappa shape index (κ1) is 12.6. The molecule has 2 aromatic rings. The highest BCUT2D eigenvalue weighted by atomic mass is 35.5. The Labute approximate surface area is 108 Å². The number of aromatic amines is 1. The summed E-state index contributed by atoms with van der Waals surface area (Å²) in [5.74, 6) is -0.403. The van der Waals surface area contributed by atoms with Gasteiger partial charge in [0.1, 0.15) is 5.52 Å².